The maximum absolute atomic E-state index is 5.44. The number of nitrogens with one attached hydrogen (secondary N) is 1. The molecule has 3 nitrogen and oxygen atoms in total. The van der Waals surface area contributed by atoms with Crippen molar-refractivity contribution in [1.82, 2.24) is 4.98 Å². The molecule has 0 aliphatic heterocycles. The van der Waals surface area contributed by atoms with Crippen LogP contribution in [0, 0.1) is 0 Å². The molecule has 1 N–H and O–H groups in total. The molecule has 0 spiro atoms. The van der Waals surface area contributed by atoms with E-state index >= 15 is 0 Å². The van der Waals surface area contributed by atoms with Gasteiger partial charge in [-0.25, -0.2) is 4.98 Å². The van der Waals surface area contributed by atoms with E-state index in [2.05, 4.69) is 43.7 Å². The molecule has 3 rings (SSSR count). The molecule has 3 aromatic rings. The van der Waals surface area contributed by atoms with Crippen molar-refractivity contribution in [2.24, 2.45) is 0 Å². The van der Waals surface area contributed by atoms with Crippen molar-refractivity contribution < 1.29 is 4.74 Å². The van der Waals surface area contributed by atoms with Gasteiger partial charge in [-0.1, -0.05) is 28.1 Å². The summed E-state index contributed by atoms with van der Waals surface area (Å²) in [5.74, 6) is 0.878. The minimum Gasteiger partial charge on any atom is -0.494 e. The van der Waals surface area contributed by atoms with Crippen LogP contribution < -0.4 is 10.1 Å². The lowest BCUT2D eigenvalue weighted by molar-refractivity contribution is 0.340. The first-order chi connectivity index (χ1) is 10.7. The zero-order valence-electron chi connectivity index (χ0n) is 12.5. The van der Waals surface area contributed by atoms with Crippen molar-refractivity contribution >= 4 is 55.1 Å². The fourth-order valence-corrected chi connectivity index (χ4v) is 3.01. The van der Waals surface area contributed by atoms with Crippen LogP contribution in [-0.2, 0) is 0 Å². The van der Waals surface area contributed by atoms with Crippen LogP contribution in [0.15, 0.2) is 58.4 Å². The number of halogens is 2. The highest BCUT2D eigenvalue weighted by Crippen LogP contribution is 2.28. The van der Waals surface area contributed by atoms with E-state index in [1.165, 1.54) is 0 Å². The molecule has 1 heterocycles. The number of anilines is 2. The summed E-state index contributed by atoms with van der Waals surface area (Å²) < 4.78 is 6.51. The molecule has 0 radical (unpaired) electrons. The minimum absolute atomic E-state index is 0. The predicted molar refractivity (Wildman–Crippen MR) is 106 cm³/mol. The second kappa shape index (κ2) is 8.47. The second-order valence-corrected chi connectivity index (χ2v) is 6.40. The van der Waals surface area contributed by atoms with Gasteiger partial charge < -0.3 is 10.1 Å². The van der Waals surface area contributed by atoms with Gasteiger partial charge in [0.15, 0.2) is 5.13 Å². The van der Waals surface area contributed by atoms with Gasteiger partial charge in [0.1, 0.15) is 5.75 Å². The van der Waals surface area contributed by atoms with Gasteiger partial charge >= 0.3 is 0 Å². The zero-order chi connectivity index (χ0) is 15.4. The van der Waals surface area contributed by atoms with Crippen molar-refractivity contribution in [2.75, 3.05) is 11.9 Å². The van der Waals surface area contributed by atoms with Gasteiger partial charge in [-0.2, -0.15) is 0 Å². The molecule has 0 saturated carbocycles. The van der Waals surface area contributed by atoms with Crippen molar-refractivity contribution in [1.29, 1.82) is 0 Å². The number of nitrogens with zero attached hydrogens (tertiary/aromatic N) is 1. The summed E-state index contributed by atoms with van der Waals surface area (Å²) in [7, 11) is 0. The van der Waals surface area contributed by atoms with E-state index in [-0.39, 0.29) is 17.0 Å². The largest absolute Gasteiger partial charge is 0.494 e. The molecule has 23 heavy (non-hydrogen) atoms. The molecule has 0 aliphatic carbocycles. The molecule has 0 aliphatic rings. The average molecular weight is 456 g/mol. The maximum atomic E-state index is 5.44. The summed E-state index contributed by atoms with van der Waals surface area (Å²) in [5.41, 5.74) is 3.09. The number of hydrogen-bond acceptors (Lipinski definition) is 4. The van der Waals surface area contributed by atoms with E-state index in [9.17, 15) is 0 Å². The van der Waals surface area contributed by atoms with E-state index < -0.39 is 0 Å². The molecular formula is C17H16Br2N2OS. The SMILES string of the molecule is Br.CCOc1ccc(Nc2nc(-c3ccc(Br)cc3)cs2)cc1. The predicted octanol–water partition coefficient (Wildman–Crippen LogP) is 6.29. The molecule has 0 fully saturated rings. The van der Waals surface area contributed by atoms with Crippen molar-refractivity contribution in [2.45, 2.75) is 6.92 Å². The first kappa shape index (κ1) is 18.0. The molecule has 2 aromatic carbocycles. The Labute approximate surface area is 158 Å². The highest BCUT2D eigenvalue weighted by atomic mass is 79.9. The van der Waals surface area contributed by atoms with Crippen LogP contribution in [0.3, 0.4) is 0 Å². The van der Waals surface area contributed by atoms with Gasteiger partial charge in [-0.3, -0.25) is 0 Å². The Bertz CT molecular complexity index is 742. The van der Waals surface area contributed by atoms with E-state index in [1.807, 2.05) is 43.3 Å². The molecule has 0 amide bonds. The molecule has 0 saturated heterocycles. The van der Waals surface area contributed by atoms with Gasteiger partial charge in [-0.15, -0.1) is 28.3 Å². The first-order valence-electron chi connectivity index (χ1n) is 6.96. The van der Waals surface area contributed by atoms with E-state index in [0.717, 1.165) is 32.3 Å². The van der Waals surface area contributed by atoms with Crippen molar-refractivity contribution in [3.8, 4) is 17.0 Å². The number of rotatable bonds is 5. The fraction of sp³-hybridized carbons (Fsp3) is 0.118. The lowest BCUT2D eigenvalue weighted by atomic mass is 10.2. The monoisotopic (exact) mass is 454 g/mol. The minimum atomic E-state index is 0. The molecule has 120 valence electrons. The fourth-order valence-electron chi connectivity index (χ4n) is 2.01. The quantitative estimate of drug-likeness (QED) is 0.490. The normalized spacial score (nSPS) is 10.0. The Balaban J connectivity index is 0.00000192. The molecule has 6 heteroatoms. The zero-order valence-corrected chi connectivity index (χ0v) is 16.6. The smallest absolute Gasteiger partial charge is 0.187 e. The Kier molecular flexibility index (Phi) is 6.62. The number of benzene rings is 2. The highest BCUT2D eigenvalue weighted by Gasteiger charge is 2.05. The van der Waals surface area contributed by atoms with E-state index in [4.69, 9.17) is 4.74 Å². The lowest BCUT2D eigenvalue weighted by Gasteiger charge is -2.05. The van der Waals surface area contributed by atoms with Gasteiger partial charge in [0.25, 0.3) is 0 Å². The number of aromatic nitrogens is 1. The summed E-state index contributed by atoms with van der Waals surface area (Å²) in [6.45, 7) is 2.65. The van der Waals surface area contributed by atoms with Gasteiger partial charge in [0.05, 0.1) is 12.3 Å². The van der Waals surface area contributed by atoms with Gasteiger partial charge in [-0.05, 0) is 43.3 Å². The Morgan fingerprint density at radius 2 is 1.78 bits per heavy atom. The standard InChI is InChI=1S/C17H15BrN2OS.BrH/c1-2-21-15-9-7-14(8-10-15)19-17-20-16(11-22-17)12-3-5-13(18)6-4-12;/h3-11H,2H2,1H3,(H,19,20);1H. The van der Waals surface area contributed by atoms with Crippen molar-refractivity contribution in [3.63, 3.8) is 0 Å². The number of ether oxygens (including phenoxy) is 1. The summed E-state index contributed by atoms with van der Waals surface area (Å²) in [6.07, 6.45) is 0. The van der Waals surface area contributed by atoms with Gasteiger partial charge in [0.2, 0.25) is 0 Å². The number of hydrogen-bond donors (Lipinski definition) is 1. The summed E-state index contributed by atoms with van der Waals surface area (Å²) in [5, 5.41) is 6.25. The maximum Gasteiger partial charge on any atom is 0.187 e. The Hall–Kier alpha value is -1.37. The Morgan fingerprint density at radius 3 is 2.43 bits per heavy atom. The first-order valence-corrected chi connectivity index (χ1v) is 8.63. The third kappa shape index (κ3) is 4.80. The van der Waals surface area contributed by atoms with Crippen LogP contribution in [0.1, 0.15) is 6.92 Å². The molecule has 0 unspecified atom stereocenters. The third-order valence-corrected chi connectivity index (χ3v) is 4.35. The molecule has 1 aromatic heterocycles. The van der Waals surface area contributed by atoms with Crippen molar-refractivity contribution in [3.05, 3.63) is 58.4 Å². The van der Waals surface area contributed by atoms with Crippen LogP contribution in [0.5, 0.6) is 5.75 Å². The molecule has 0 bridgehead atoms. The summed E-state index contributed by atoms with van der Waals surface area (Å²) in [4.78, 5) is 4.63. The molecule has 0 atom stereocenters. The third-order valence-electron chi connectivity index (χ3n) is 3.06. The van der Waals surface area contributed by atoms with E-state index in [1.54, 1.807) is 11.3 Å². The number of thiazole rings is 1. The highest BCUT2D eigenvalue weighted by molar-refractivity contribution is 9.10. The van der Waals surface area contributed by atoms with Crippen LogP contribution >= 0.6 is 44.2 Å². The Morgan fingerprint density at radius 1 is 1.09 bits per heavy atom. The van der Waals surface area contributed by atoms with Crippen LogP contribution in [0.4, 0.5) is 10.8 Å². The lowest BCUT2D eigenvalue weighted by Crippen LogP contribution is -1.92. The summed E-state index contributed by atoms with van der Waals surface area (Å²) >= 11 is 5.04. The molecular weight excluding hydrogens is 440 g/mol. The van der Waals surface area contributed by atoms with Crippen LogP contribution in [-0.4, -0.2) is 11.6 Å². The van der Waals surface area contributed by atoms with Crippen LogP contribution in [0.2, 0.25) is 0 Å². The summed E-state index contributed by atoms with van der Waals surface area (Å²) in [6, 6.07) is 16.0. The average Bonchev–Trinajstić information content (AvgIpc) is 2.99. The topological polar surface area (TPSA) is 34.1 Å². The van der Waals surface area contributed by atoms with E-state index in [0.29, 0.717) is 6.61 Å². The van der Waals surface area contributed by atoms with Gasteiger partial charge in [0, 0.05) is 21.1 Å². The second-order valence-electron chi connectivity index (χ2n) is 4.63. The van der Waals surface area contributed by atoms with Crippen LogP contribution in [0.25, 0.3) is 11.3 Å².